The maximum absolute atomic E-state index is 12.2. The van der Waals surface area contributed by atoms with Gasteiger partial charge in [-0.1, -0.05) is 48.5 Å². The lowest BCUT2D eigenvalue weighted by Gasteiger charge is -2.18. The van der Waals surface area contributed by atoms with Crippen LogP contribution in [0.3, 0.4) is 0 Å². The van der Waals surface area contributed by atoms with Gasteiger partial charge >= 0.3 is 6.09 Å². The summed E-state index contributed by atoms with van der Waals surface area (Å²) in [6.45, 7) is 1.85. The molecular weight excluding hydrogens is 288 g/mol. The lowest BCUT2D eigenvalue weighted by Crippen LogP contribution is -2.62. The number of ether oxygens (including phenoxy) is 1. The standard InChI is InChI=1S/C19H20N2O2/c20-13-9-10-21(11-13)19(22)23-12-18-16-7-3-1-5-14(16)15-6-2-4-8-17(15)18/h1-8,13,18H,9-12,20H2/p+1/t13-/m1/s1. The third-order valence-electron chi connectivity index (χ3n) is 4.88. The van der Waals surface area contributed by atoms with Crippen LogP contribution in [-0.4, -0.2) is 36.7 Å². The fourth-order valence-corrected chi connectivity index (χ4v) is 3.68. The van der Waals surface area contributed by atoms with Gasteiger partial charge in [-0.15, -0.1) is 0 Å². The second-order valence-electron chi connectivity index (χ2n) is 6.40. The molecule has 2 aliphatic rings. The number of hydrogen-bond acceptors (Lipinski definition) is 2. The molecule has 1 fully saturated rings. The van der Waals surface area contributed by atoms with Crippen molar-refractivity contribution in [3.05, 3.63) is 59.7 Å². The van der Waals surface area contributed by atoms with Crippen molar-refractivity contribution in [2.45, 2.75) is 18.4 Å². The number of carbonyl (C=O) groups excluding carboxylic acids is 1. The summed E-state index contributed by atoms with van der Waals surface area (Å²) in [5, 5.41) is 0. The number of carbonyl (C=O) groups is 1. The molecule has 4 nitrogen and oxygen atoms in total. The van der Waals surface area contributed by atoms with Gasteiger partial charge in [0.25, 0.3) is 0 Å². The molecular formula is C19H21N2O2+. The summed E-state index contributed by atoms with van der Waals surface area (Å²) < 4.78 is 5.63. The molecule has 1 amide bonds. The Labute approximate surface area is 135 Å². The molecule has 4 rings (SSSR count). The number of quaternary nitrogens is 1. The van der Waals surface area contributed by atoms with Crippen molar-refractivity contribution in [1.82, 2.24) is 4.90 Å². The van der Waals surface area contributed by atoms with Crippen LogP contribution in [0.4, 0.5) is 4.79 Å². The van der Waals surface area contributed by atoms with Crippen molar-refractivity contribution >= 4 is 6.09 Å². The van der Waals surface area contributed by atoms with Crippen molar-refractivity contribution in [1.29, 1.82) is 0 Å². The lowest BCUT2D eigenvalue weighted by molar-refractivity contribution is -0.413. The van der Waals surface area contributed by atoms with Crippen LogP contribution in [-0.2, 0) is 4.74 Å². The van der Waals surface area contributed by atoms with Gasteiger partial charge in [0.05, 0.1) is 6.54 Å². The van der Waals surface area contributed by atoms with Crippen LogP contribution in [0.15, 0.2) is 48.5 Å². The first-order chi connectivity index (χ1) is 11.2. The predicted octanol–water partition coefficient (Wildman–Crippen LogP) is 2.25. The van der Waals surface area contributed by atoms with E-state index in [-0.39, 0.29) is 12.0 Å². The van der Waals surface area contributed by atoms with Gasteiger partial charge in [-0.05, 0) is 22.3 Å². The minimum absolute atomic E-state index is 0.129. The Balaban J connectivity index is 1.54. The van der Waals surface area contributed by atoms with Crippen LogP contribution in [0.5, 0.6) is 0 Å². The highest BCUT2D eigenvalue weighted by atomic mass is 16.6. The number of nitrogens with zero attached hydrogens (tertiary/aromatic N) is 1. The number of hydrogen-bond donors (Lipinski definition) is 1. The molecule has 1 saturated heterocycles. The number of likely N-dealkylation sites (tertiary alicyclic amines) is 1. The number of fused-ring (bicyclic) bond motifs is 3. The first-order valence-electron chi connectivity index (χ1n) is 8.17. The number of benzene rings is 2. The maximum atomic E-state index is 12.2. The van der Waals surface area contributed by atoms with Crippen molar-refractivity contribution in [2.24, 2.45) is 0 Å². The maximum Gasteiger partial charge on any atom is 0.410 e. The second-order valence-corrected chi connectivity index (χ2v) is 6.40. The molecule has 0 spiro atoms. The summed E-state index contributed by atoms with van der Waals surface area (Å²) in [6.07, 6.45) is 0.752. The summed E-state index contributed by atoms with van der Waals surface area (Å²) in [5.41, 5.74) is 9.02. The van der Waals surface area contributed by atoms with Crippen LogP contribution in [0.2, 0.25) is 0 Å². The third kappa shape index (κ3) is 2.49. The highest BCUT2D eigenvalue weighted by Crippen LogP contribution is 2.44. The van der Waals surface area contributed by atoms with Crippen LogP contribution >= 0.6 is 0 Å². The first kappa shape index (κ1) is 14.3. The highest BCUT2D eigenvalue weighted by molar-refractivity contribution is 5.79. The molecule has 0 aromatic heterocycles. The SMILES string of the molecule is [NH3+][C@@H]1CCN(C(=O)OCC2c3ccccc3-c3ccccc32)C1. The molecule has 0 saturated carbocycles. The molecule has 1 atom stereocenters. The summed E-state index contributed by atoms with van der Waals surface area (Å²) in [6, 6.07) is 17.1. The van der Waals surface area contributed by atoms with Gasteiger partial charge in [0.2, 0.25) is 0 Å². The summed E-state index contributed by atoms with van der Waals surface area (Å²) in [5.74, 6) is 0.129. The van der Waals surface area contributed by atoms with E-state index in [0.717, 1.165) is 13.0 Å². The van der Waals surface area contributed by atoms with E-state index < -0.39 is 0 Å². The van der Waals surface area contributed by atoms with Crippen molar-refractivity contribution in [2.75, 3.05) is 19.7 Å². The van der Waals surface area contributed by atoms with E-state index in [2.05, 4.69) is 42.1 Å². The average molecular weight is 309 g/mol. The quantitative estimate of drug-likeness (QED) is 0.925. The Morgan fingerprint density at radius 3 is 2.26 bits per heavy atom. The smallest absolute Gasteiger partial charge is 0.410 e. The van der Waals surface area contributed by atoms with Crippen molar-refractivity contribution < 1.29 is 15.3 Å². The molecule has 3 N–H and O–H groups in total. The zero-order valence-corrected chi connectivity index (χ0v) is 13.1. The second kappa shape index (κ2) is 5.70. The number of rotatable bonds is 2. The molecule has 118 valence electrons. The molecule has 1 aliphatic carbocycles. The summed E-state index contributed by atoms with van der Waals surface area (Å²) in [4.78, 5) is 14.0. The Bertz CT molecular complexity index is 698. The zero-order chi connectivity index (χ0) is 15.8. The Morgan fingerprint density at radius 2 is 1.70 bits per heavy atom. The number of amides is 1. The molecule has 1 aliphatic heterocycles. The van der Waals surface area contributed by atoms with E-state index >= 15 is 0 Å². The average Bonchev–Trinajstić information content (AvgIpc) is 3.15. The van der Waals surface area contributed by atoms with E-state index in [1.807, 2.05) is 12.1 Å². The van der Waals surface area contributed by atoms with Gasteiger partial charge in [-0.2, -0.15) is 0 Å². The fourth-order valence-electron chi connectivity index (χ4n) is 3.68. The van der Waals surface area contributed by atoms with Crippen LogP contribution < -0.4 is 5.73 Å². The van der Waals surface area contributed by atoms with Gasteiger partial charge in [0, 0.05) is 18.9 Å². The van der Waals surface area contributed by atoms with E-state index in [4.69, 9.17) is 4.74 Å². The Hall–Kier alpha value is -2.33. The zero-order valence-electron chi connectivity index (χ0n) is 13.1. The Morgan fingerprint density at radius 1 is 1.09 bits per heavy atom. The molecule has 0 unspecified atom stereocenters. The fraction of sp³-hybridized carbons (Fsp3) is 0.316. The monoisotopic (exact) mass is 309 g/mol. The Kier molecular flexibility index (Phi) is 3.54. The largest absolute Gasteiger partial charge is 0.448 e. The van der Waals surface area contributed by atoms with Crippen molar-refractivity contribution in [3.63, 3.8) is 0 Å². The molecule has 0 bridgehead atoms. The predicted molar refractivity (Wildman–Crippen MR) is 87.9 cm³/mol. The van der Waals surface area contributed by atoms with Crippen LogP contribution in [0.1, 0.15) is 23.5 Å². The molecule has 0 radical (unpaired) electrons. The van der Waals surface area contributed by atoms with Gasteiger partial charge < -0.3 is 15.4 Å². The lowest BCUT2D eigenvalue weighted by atomic mass is 9.98. The molecule has 23 heavy (non-hydrogen) atoms. The van der Waals surface area contributed by atoms with E-state index in [1.165, 1.54) is 22.3 Å². The normalized spacial score (nSPS) is 19.5. The molecule has 1 heterocycles. The molecule has 2 aromatic carbocycles. The third-order valence-corrected chi connectivity index (χ3v) is 4.88. The minimum atomic E-state index is -0.210. The van der Waals surface area contributed by atoms with E-state index in [9.17, 15) is 4.79 Å². The van der Waals surface area contributed by atoms with Crippen LogP contribution in [0.25, 0.3) is 11.1 Å². The van der Waals surface area contributed by atoms with Gasteiger partial charge in [-0.25, -0.2) is 4.79 Å². The topological polar surface area (TPSA) is 57.2 Å². The molecule has 4 heteroatoms. The summed E-state index contributed by atoms with van der Waals surface area (Å²) >= 11 is 0. The highest BCUT2D eigenvalue weighted by Gasteiger charge is 2.31. The molecule has 2 aromatic rings. The van der Waals surface area contributed by atoms with Gasteiger partial charge in [0.15, 0.2) is 0 Å². The minimum Gasteiger partial charge on any atom is -0.448 e. The van der Waals surface area contributed by atoms with Crippen molar-refractivity contribution in [3.8, 4) is 11.1 Å². The van der Waals surface area contributed by atoms with E-state index in [0.29, 0.717) is 19.2 Å². The van der Waals surface area contributed by atoms with Crippen LogP contribution in [0, 0.1) is 0 Å². The summed E-state index contributed by atoms with van der Waals surface area (Å²) in [7, 11) is 0. The van der Waals surface area contributed by atoms with E-state index in [1.54, 1.807) is 4.90 Å². The van der Waals surface area contributed by atoms with Gasteiger partial charge in [-0.3, -0.25) is 0 Å². The van der Waals surface area contributed by atoms with Gasteiger partial charge in [0.1, 0.15) is 12.6 Å². The first-order valence-corrected chi connectivity index (χ1v) is 8.17.